The summed E-state index contributed by atoms with van der Waals surface area (Å²) in [7, 11) is -3.80. The van der Waals surface area contributed by atoms with Crippen LogP contribution in [0, 0.1) is 0 Å². The van der Waals surface area contributed by atoms with Crippen LogP contribution >= 0.6 is 0 Å². The minimum Gasteiger partial charge on any atom is -0.321 e. The Morgan fingerprint density at radius 3 is 2.06 bits per heavy atom. The van der Waals surface area contributed by atoms with Crippen LogP contribution in [0.4, 0.5) is 24.5 Å². The molecule has 3 aromatic rings. The van der Waals surface area contributed by atoms with E-state index in [-0.39, 0.29) is 22.7 Å². The highest BCUT2D eigenvalue weighted by atomic mass is 32.2. The van der Waals surface area contributed by atoms with Crippen molar-refractivity contribution in [2.45, 2.75) is 18.0 Å². The van der Waals surface area contributed by atoms with Crippen molar-refractivity contribution in [3.63, 3.8) is 0 Å². The van der Waals surface area contributed by atoms with Crippen molar-refractivity contribution in [2.24, 2.45) is 0 Å². The highest BCUT2D eigenvalue weighted by molar-refractivity contribution is 7.92. The van der Waals surface area contributed by atoms with Gasteiger partial charge in [0, 0.05) is 12.1 Å². The molecule has 0 atom stereocenters. The molecule has 0 saturated heterocycles. The number of nitrogens with one attached hydrogen (secondary N) is 1. The molecular weight excluding hydrogens is 429 g/mol. The van der Waals surface area contributed by atoms with Crippen LogP contribution in [0.1, 0.15) is 22.8 Å². The number of amides is 1. The molecule has 0 aromatic heterocycles. The maximum Gasteiger partial charge on any atom is 0.418 e. The number of anilines is 2. The van der Waals surface area contributed by atoms with Gasteiger partial charge in [-0.3, -0.25) is 9.10 Å². The van der Waals surface area contributed by atoms with Crippen LogP contribution in [-0.2, 0) is 16.2 Å². The molecule has 0 unspecified atom stereocenters. The van der Waals surface area contributed by atoms with Crippen molar-refractivity contribution in [3.8, 4) is 0 Å². The van der Waals surface area contributed by atoms with Crippen molar-refractivity contribution in [1.29, 1.82) is 0 Å². The van der Waals surface area contributed by atoms with Crippen molar-refractivity contribution in [1.82, 2.24) is 0 Å². The third-order valence-corrected chi connectivity index (χ3v) is 6.43. The predicted molar refractivity (Wildman–Crippen MR) is 112 cm³/mol. The molecule has 0 aliphatic heterocycles. The summed E-state index contributed by atoms with van der Waals surface area (Å²) in [5.74, 6) is -0.739. The summed E-state index contributed by atoms with van der Waals surface area (Å²) < 4.78 is 66.3. The average molecular weight is 448 g/mol. The number of benzene rings is 3. The molecule has 0 heterocycles. The van der Waals surface area contributed by atoms with E-state index in [2.05, 4.69) is 5.32 Å². The zero-order valence-electron chi connectivity index (χ0n) is 16.4. The summed E-state index contributed by atoms with van der Waals surface area (Å²) in [5, 5.41) is 2.26. The van der Waals surface area contributed by atoms with E-state index in [9.17, 15) is 26.4 Å². The fraction of sp³-hybridized carbons (Fsp3) is 0.136. The monoisotopic (exact) mass is 448 g/mol. The minimum atomic E-state index is -4.61. The summed E-state index contributed by atoms with van der Waals surface area (Å²) in [6.45, 7) is 1.83. The van der Waals surface area contributed by atoms with E-state index in [0.29, 0.717) is 5.69 Å². The Morgan fingerprint density at radius 1 is 0.903 bits per heavy atom. The summed E-state index contributed by atoms with van der Waals surface area (Å²) in [4.78, 5) is 12.6. The Balaban J connectivity index is 1.84. The average Bonchev–Trinajstić information content (AvgIpc) is 2.75. The topological polar surface area (TPSA) is 66.5 Å². The second-order valence-electron chi connectivity index (χ2n) is 6.53. The molecule has 0 saturated carbocycles. The van der Waals surface area contributed by atoms with Crippen LogP contribution in [0.25, 0.3) is 0 Å². The second kappa shape index (κ2) is 8.81. The van der Waals surface area contributed by atoms with Crippen LogP contribution in [-0.4, -0.2) is 20.9 Å². The third-order valence-electron chi connectivity index (χ3n) is 4.52. The Hall–Kier alpha value is -3.33. The molecule has 0 radical (unpaired) electrons. The molecule has 1 amide bonds. The van der Waals surface area contributed by atoms with Gasteiger partial charge in [-0.25, -0.2) is 8.42 Å². The lowest BCUT2D eigenvalue weighted by atomic mass is 10.1. The lowest BCUT2D eigenvalue weighted by Crippen LogP contribution is -2.30. The first kappa shape index (κ1) is 22.4. The summed E-state index contributed by atoms with van der Waals surface area (Å²) in [5.41, 5.74) is -0.885. The molecule has 31 heavy (non-hydrogen) atoms. The molecule has 5 nitrogen and oxygen atoms in total. The first-order valence-electron chi connectivity index (χ1n) is 9.30. The van der Waals surface area contributed by atoms with E-state index in [0.717, 1.165) is 6.07 Å². The molecule has 0 aliphatic rings. The lowest BCUT2D eigenvalue weighted by molar-refractivity contribution is -0.136. The SMILES string of the molecule is CCN(c1ccc(C(=O)Nc2ccccc2C(F)(F)F)cc1)S(=O)(=O)c1ccccc1. The number of carbonyl (C=O) groups excluding carboxylic acids is 1. The van der Waals surface area contributed by atoms with E-state index in [1.54, 1.807) is 25.1 Å². The van der Waals surface area contributed by atoms with Crippen LogP contribution in [0.15, 0.2) is 83.8 Å². The van der Waals surface area contributed by atoms with Gasteiger partial charge < -0.3 is 5.32 Å². The molecule has 1 N–H and O–H groups in total. The predicted octanol–water partition coefficient (Wildman–Crippen LogP) is 5.17. The van der Waals surface area contributed by atoms with Gasteiger partial charge in [-0.05, 0) is 55.5 Å². The van der Waals surface area contributed by atoms with Crippen molar-refractivity contribution < 1.29 is 26.4 Å². The Labute approximate surface area is 178 Å². The number of sulfonamides is 1. The van der Waals surface area contributed by atoms with Crippen LogP contribution in [0.5, 0.6) is 0 Å². The molecule has 0 aliphatic carbocycles. The van der Waals surface area contributed by atoms with Gasteiger partial charge in [0.15, 0.2) is 0 Å². The Morgan fingerprint density at radius 2 is 1.48 bits per heavy atom. The van der Waals surface area contributed by atoms with E-state index in [1.807, 2.05) is 0 Å². The largest absolute Gasteiger partial charge is 0.418 e. The molecule has 162 valence electrons. The molecule has 3 aromatic carbocycles. The van der Waals surface area contributed by atoms with Gasteiger partial charge in [-0.15, -0.1) is 0 Å². The lowest BCUT2D eigenvalue weighted by Gasteiger charge is -2.23. The van der Waals surface area contributed by atoms with Crippen LogP contribution in [0.2, 0.25) is 0 Å². The van der Waals surface area contributed by atoms with E-state index >= 15 is 0 Å². The van der Waals surface area contributed by atoms with E-state index in [1.165, 1.54) is 58.9 Å². The molecule has 0 spiro atoms. The maximum absolute atomic E-state index is 13.1. The number of carbonyl (C=O) groups is 1. The Kier molecular flexibility index (Phi) is 6.35. The van der Waals surface area contributed by atoms with Crippen LogP contribution in [0.3, 0.4) is 0 Å². The molecule has 0 bridgehead atoms. The van der Waals surface area contributed by atoms with E-state index in [4.69, 9.17) is 0 Å². The summed E-state index contributed by atoms with van der Waals surface area (Å²) in [6.07, 6.45) is -4.61. The summed E-state index contributed by atoms with van der Waals surface area (Å²) in [6, 6.07) is 18.2. The van der Waals surface area contributed by atoms with Gasteiger partial charge in [0.2, 0.25) is 0 Å². The molecular formula is C22H19F3N2O3S. The Bertz CT molecular complexity index is 1160. The normalized spacial score (nSPS) is 11.7. The summed E-state index contributed by atoms with van der Waals surface area (Å²) >= 11 is 0. The van der Waals surface area contributed by atoms with Crippen LogP contribution < -0.4 is 9.62 Å². The number of rotatable bonds is 6. The van der Waals surface area contributed by atoms with Gasteiger partial charge in [0.1, 0.15) is 0 Å². The maximum atomic E-state index is 13.1. The fourth-order valence-electron chi connectivity index (χ4n) is 3.02. The molecule has 3 rings (SSSR count). The quantitative estimate of drug-likeness (QED) is 0.566. The number of hydrogen-bond donors (Lipinski definition) is 1. The van der Waals surface area contributed by atoms with Gasteiger partial charge in [0.25, 0.3) is 15.9 Å². The number of alkyl halides is 3. The van der Waals surface area contributed by atoms with Crippen molar-refractivity contribution >= 4 is 27.3 Å². The van der Waals surface area contributed by atoms with Crippen molar-refractivity contribution in [2.75, 3.05) is 16.2 Å². The second-order valence-corrected chi connectivity index (χ2v) is 8.39. The van der Waals surface area contributed by atoms with Gasteiger partial charge in [-0.2, -0.15) is 13.2 Å². The van der Waals surface area contributed by atoms with Gasteiger partial charge in [0.05, 0.1) is 21.8 Å². The van der Waals surface area contributed by atoms with Gasteiger partial charge >= 0.3 is 6.18 Å². The first-order valence-corrected chi connectivity index (χ1v) is 10.7. The molecule has 0 fully saturated rings. The van der Waals surface area contributed by atoms with Gasteiger partial charge in [-0.1, -0.05) is 30.3 Å². The highest BCUT2D eigenvalue weighted by Gasteiger charge is 2.33. The highest BCUT2D eigenvalue weighted by Crippen LogP contribution is 2.34. The number of halogens is 3. The zero-order chi connectivity index (χ0) is 22.6. The van der Waals surface area contributed by atoms with Crippen molar-refractivity contribution in [3.05, 3.63) is 90.0 Å². The fourth-order valence-corrected chi connectivity index (χ4v) is 4.52. The zero-order valence-corrected chi connectivity index (χ0v) is 17.2. The smallest absolute Gasteiger partial charge is 0.321 e. The molecule has 9 heteroatoms. The number of hydrogen-bond acceptors (Lipinski definition) is 3. The van der Waals surface area contributed by atoms with E-state index < -0.39 is 27.7 Å². The number of para-hydroxylation sites is 1. The standard InChI is InChI=1S/C22H19F3N2O3S/c1-2-27(31(29,30)18-8-4-3-5-9-18)17-14-12-16(13-15-17)21(28)26-20-11-7-6-10-19(20)22(23,24)25/h3-15H,2H2,1H3,(H,26,28). The number of nitrogens with zero attached hydrogens (tertiary/aromatic N) is 1. The minimum absolute atomic E-state index is 0.0916. The third kappa shape index (κ3) is 4.88. The first-order chi connectivity index (χ1) is 14.6.